The van der Waals surface area contributed by atoms with Crippen molar-refractivity contribution in [3.63, 3.8) is 0 Å². The summed E-state index contributed by atoms with van der Waals surface area (Å²) in [6, 6.07) is 8.11. The second kappa shape index (κ2) is 3.26. The average molecular weight is 178 g/mol. The summed E-state index contributed by atoms with van der Waals surface area (Å²) in [6.45, 7) is 1.44. The summed E-state index contributed by atoms with van der Waals surface area (Å²) >= 11 is 0. The fourth-order valence-electron chi connectivity index (χ4n) is 1.59. The van der Waals surface area contributed by atoms with Crippen LogP contribution in [0.2, 0.25) is 0 Å². The molecule has 0 bridgehead atoms. The zero-order chi connectivity index (χ0) is 9.26. The van der Waals surface area contributed by atoms with E-state index in [1.807, 2.05) is 31.3 Å². The molecule has 0 saturated carbocycles. The van der Waals surface area contributed by atoms with Crippen molar-refractivity contribution in [2.24, 2.45) is 5.73 Å². The van der Waals surface area contributed by atoms with Gasteiger partial charge >= 0.3 is 0 Å². The lowest BCUT2D eigenvalue weighted by Crippen LogP contribution is -2.37. The highest BCUT2D eigenvalue weighted by atomic mass is 16.5. The number of hydrogen-bond donors (Lipinski definition) is 1. The van der Waals surface area contributed by atoms with E-state index in [-0.39, 0.29) is 6.04 Å². The molecule has 0 aliphatic carbocycles. The molecule has 0 amide bonds. The number of benzene rings is 1. The lowest BCUT2D eigenvalue weighted by Gasteiger charge is -2.18. The topological polar surface area (TPSA) is 38.5 Å². The fraction of sp³-hybridized carbons (Fsp3) is 0.400. The van der Waals surface area contributed by atoms with E-state index >= 15 is 0 Å². The van der Waals surface area contributed by atoms with E-state index in [1.54, 1.807) is 0 Å². The van der Waals surface area contributed by atoms with Crippen molar-refractivity contribution in [2.45, 2.75) is 6.04 Å². The Morgan fingerprint density at radius 2 is 2.23 bits per heavy atom. The second-order valence-corrected chi connectivity index (χ2v) is 3.42. The Hall–Kier alpha value is -1.22. The Kier molecular flexibility index (Phi) is 2.10. The Bertz CT molecular complexity index is 301. The predicted molar refractivity (Wildman–Crippen MR) is 53.2 cm³/mol. The van der Waals surface area contributed by atoms with Gasteiger partial charge in [-0.3, -0.25) is 0 Å². The van der Waals surface area contributed by atoms with Crippen molar-refractivity contribution in [2.75, 3.05) is 25.1 Å². The van der Waals surface area contributed by atoms with Gasteiger partial charge in [-0.1, -0.05) is 12.1 Å². The molecule has 1 atom stereocenters. The Labute approximate surface area is 78.1 Å². The number of rotatable bonds is 0. The molecule has 1 heterocycles. The molecule has 1 aliphatic rings. The van der Waals surface area contributed by atoms with Crippen LogP contribution in [0.25, 0.3) is 0 Å². The van der Waals surface area contributed by atoms with Crippen molar-refractivity contribution in [3.8, 4) is 5.75 Å². The smallest absolute Gasteiger partial charge is 0.142 e. The highest BCUT2D eigenvalue weighted by molar-refractivity contribution is 5.58. The van der Waals surface area contributed by atoms with Crippen LogP contribution in [0.15, 0.2) is 24.3 Å². The van der Waals surface area contributed by atoms with E-state index in [4.69, 9.17) is 10.5 Å². The first kappa shape index (κ1) is 8.38. The number of hydrogen-bond acceptors (Lipinski definition) is 3. The Morgan fingerprint density at radius 1 is 1.46 bits per heavy atom. The van der Waals surface area contributed by atoms with Gasteiger partial charge in [0.1, 0.15) is 12.4 Å². The van der Waals surface area contributed by atoms with Crippen LogP contribution >= 0.6 is 0 Å². The van der Waals surface area contributed by atoms with Crippen LogP contribution in [0.4, 0.5) is 5.69 Å². The molecular weight excluding hydrogens is 164 g/mol. The lowest BCUT2D eigenvalue weighted by molar-refractivity contribution is 0.300. The van der Waals surface area contributed by atoms with Gasteiger partial charge in [0.15, 0.2) is 0 Å². The third-order valence-electron chi connectivity index (χ3n) is 2.24. The monoisotopic (exact) mass is 178 g/mol. The maximum atomic E-state index is 5.84. The molecule has 0 spiro atoms. The van der Waals surface area contributed by atoms with Crippen LogP contribution in [0.1, 0.15) is 0 Å². The minimum absolute atomic E-state index is 0.0948. The number of fused-ring (bicyclic) bond motifs is 1. The van der Waals surface area contributed by atoms with E-state index in [9.17, 15) is 0 Å². The van der Waals surface area contributed by atoms with Gasteiger partial charge in [0, 0.05) is 13.6 Å². The van der Waals surface area contributed by atoms with Gasteiger partial charge in [-0.05, 0) is 12.1 Å². The SMILES string of the molecule is CN1CC(N)COc2ccccc21. The first-order valence-electron chi connectivity index (χ1n) is 4.46. The number of likely N-dealkylation sites (N-methyl/N-ethyl adjacent to an activating group) is 1. The molecule has 2 rings (SSSR count). The molecule has 0 aromatic heterocycles. The third kappa shape index (κ3) is 1.60. The normalized spacial score (nSPS) is 21.7. The maximum absolute atomic E-state index is 5.84. The van der Waals surface area contributed by atoms with Gasteiger partial charge in [0.25, 0.3) is 0 Å². The standard InChI is InChI=1S/C10H14N2O/c1-12-6-8(11)7-13-10-5-3-2-4-9(10)12/h2-5,8H,6-7,11H2,1H3. The molecule has 2 N–H and O–H groups in total. The van der Waals surface area contributed by atoms with Crippen molar-refractivity contribution >= 4 is 5.69 Å². The minimum Gasteiger partial charge on any atom is -0.490 e. The van der Waals surface area contributed by atoms with E-state index in [1.165, 1.54) is 0 Å². The van der Waals surface area contributed by atoms with Crippen LogP contribution < -0.4 is 15.4 Å². The molecule has 1 aromatic carbocycles. The number of anilines is 1. The number of nitrogens with two attached hydrogens (primary N) is 1. The minimum atomic E-state index is 0.0948. The van der Waals surface area contributed by atoms with Gasteiger partial charge in [-0.15, -0.1) is 0 Å². The Morgan fingerprint density at radius 3 is 3.08 bits per heavy atom. The van der Waals surface area contributed by atoms with Crippen molar-refractivity contribution < 1.29 is 4.74 Å². The zero-order valence-electron chi connectivity index (χ0n) is 7.73. The summed E-state index contributed by atoms with van der Waals surface area (Å²) in [5.41, 5.74) is 6.96. The molecule has 1 aliphatic heterocycles. The maximum Gasteiger partial charge on any atom is 0.142 e. The highest BCUT2D eigenvalue weighted by Crippen LogP contribution is 2.28. The van der Waals surface area contributed by atoms with E-state index < -0.39 is 0 Å². The summed E-state index contributed by atoms with van der Waals surface area (Å²) in [4.78, 5) is 2.13. The molecular formula is C10H14N2O. The van der Waals surface area contributed by atoms with Crippen molar-refractivity contribution in [1.29, 1.82) is 0 Å². The molecule has 3 nitrogen and oxygen atoms in total. The van der Waals surface area contributed by atoms with Crippen molar-refractivity contribution in [3.05, 3.63) is 24.3 Å². The van der Waals surface area contributed by atoms with Gasteiger partial charge in [0.05, 0.1) is 11.7 Å². The van der Waals surface area contributed by atoms with E-state index in [2.05, 4.69) is 4.90 Å². The summed E-state index contributed by atoms with van der Waals surface area (Å²) < 4.78 is 5.56. The number of nitrogens with zero attached hydrogens (tertiary/aromatic N) is 1. The van der Waals surface area contributed by atoms with Crippen LogP contribution in [0.5, 0.6) is 5.75 Å². The van der Waals surface area contributed by atoms with Crippen LogP contribution in [0, 0.1) is 0 Å². The first-order chi connectivity index (χ1) is 6.27. The molecule has 0 fully saturated rings. The highest BCUT2D eigenvalue weighted by Gasteiger charge is 2.16. The zero-order valence-corrected chi connectivity index (χ0v) is 7.73. The molecule has 70 valence electrons. The summed E-state index contributed by atoms with van der Waals surface area (Å²) in [6.07, 6.45) is 0. The Balaban J connectivity index is 2.35. The lowest BCUT2D eigenvalue weighted by atomic mass is 10.2. The first-order valence-corrected chi connectivity index (χ1v) is 4.46. The predicted octanol–water partition coefficient (Wildman–Crippen LogP) is 0.842. The quantitative estimate of drug-likeness (QED) is 0.640. The van der Waals surface area contributed by atoms with Gasteiger partial charge in [0.2, 0.25) is 0 Å². The van der Waals surface area contributed by atoms with Gasteiger partial charge < -0.3 is 15.4 Å². The van der Waals surface area contributed by atoms with Crippen molar-refractivity contribution in [1.82, 2.24) is 0 Å². The molecule has 1 aromatic rings. The fourth-order valence-corrected chi connectivity index (χ4v) is 1.59. The average Bonchev–Trinajstić information content (AvgIpc) is 2.27. The molecule has 0 radical (unpaired) electrons. The van der Waals surface area contributed by atoms with Crippen LogP contribution in [0.3, 0.4) is 0 Å². The molecule has 13 heavy (non-hydrogen) atoms. The summed E-state index contributed by atoms with van der Waals surface area (Å²) in [5.74, 6) is 0.929. The largest absolute Gasteiger partial charge is 0.490 e. The van der Waals surface area contributed by atoms with E-state index in [0.29, 0.717) is 6.61 Å². The van der Waals surface area contributed by atoms with Gasteiger partial charge in [-0.25, -0.2) is 0 Å². The summed E-state index contributed by atoms with van der Waals surface area (Å²) in [5, 5.41) is 0. The summed E-state index contributed by atoms with van der Waals surface area (Å²) in [7, 11) is 2.04. The number of ether oxygens (including phenoxy) is 1. The second-order valence-electron chi connectivity index (χ2n) is 3.42. The van der Waals surface area contributed by atoms with Crippen LogP contribution in [-0.2, 0) is 0 Å². The molecule has 3 heteroatoms. The third-order valence-corrected chi connectivity index (χ3v) is 2.24. The number of para-hydroxylation sites is 2. The molecule has 1 unspecified atom stereocenters. The van der Waals surface area contributed by atoms with Crippen LogP contribution in [-0.4, -0.2) is 26.2 Å². The van der Waals surface area contributed by atoms with E-state index in [0.717, 1.165) is 18.0 Å². The van der Waals surface area contributed by atoms with Gasteiger partial charge in [-0.2, -0.15) is 0 Å². The molecule has 0 saturated heterocycles.